The highest BCUT2D eigenvalue weighted by molar-refractivity contribution is 7.17. The lowest BCUT2D eigenvalue weighted by Crippen LogP contribution is -2.27. The number of thiophene rings is 1. The smallest absolute Gasteiger partial charge is 0.287 e. The molecule has 0 radical (unpaired) electrons. The first-order valence-corrected chi connectivity index (χ1v) is 7.09. The molecule has 0 bridgehead atoms. The average molecular weight is 287 g/mol. The van der Waals surface area contributed by atoms with Gasteiger partial charge in [-0.3, -0.25) is 4.79 Å². The van der Waals surface area contributed by atoms with Crippen LogP contribution in [0.2, 0.25) is 0 Å². The Morgan fingerprint density at radius 1 is 1.30 bits per heavy atom. The van der Waals surface area contributed by atoms with Gasteiger partial charge in [0, 0.05) is 16.8 Å². The van der Waals surface area contributed by atoms with Gasteiger partial charge in [-0.05, 0) is 29.0 Å². The van der Waals surface area contributed by atoms with E-state index in [0.717, 1.165) is 15.6 Å². The van der Waals surface area contributed by atoms with Gasteiger partial charge in [0.25, 0.3) is 5.91 Å². The number of furan rings is 1. The molecule has 2 aromatic heterocycles. The molecular formula is C15H13NO3S. The molecule has 3 aromatic rings. The van der Waals surface area contributed by atoms with E-state index in [1.165, 1.54) is 6.26 Å². The molecule has 4 nitrogen and oxygen atoms in total. The zero-order valence-electron chi connectivity index (χ0n) is 10.6. The Balaban J connectivity index is 1.70. The maximum Gasteiger partial charge on any atom is 0.287 e. The third kappa shape index (κ3) is 2.45. The fourth-order valence-electron chi connectivity index (χ4n) is 2.05. The monoisotopic (exact) mass is 287 g/mol. The average Bonchev–Trinajstić information content (AvgIpc) is 3.13. The van der Waals surface area contributed by atoms with Crippen LogP contribution in [0.3, 0.4) is 0 Å². The van der Waals surface area contributed by atoms with Crippen molar-refractivity contribution in [2.75, 3.05) is 6.54 Å². The van der Waals surface area contributed by atoms with Gasteiger partial charge in [-0.2, -0.15) is 0 Å². The van der Waals surface area contributed by atoms with Gasteiger partial charge >= 0.3 is 0 Å². The molecule has 0 aliphatic rings. The van der Waals surface area contributed by atoms with Gasteiger partial charge in [0.15, 0.2) is 5.76 Å². The predicted molar refractivity (Wildman–Crippen MR) is 77.8 cm³/mol. The fraction of sp³-hybridized carbons (Fsp3) is 0.133. The van der Waals surface area contributed by atoms with E-state index in [9.17, 15) is 9.90 Å². The van der Waals surface area contributed by atoms with Crippen molar-refractivity contribution in [3.8, 4) is 0 Å². The van der Waals surface area contributed by atoms with Gasteiger partial charge in [-0.1, -0.05) is 18.2 Å². The van der Waals surface area contributed by atoms with Gasteiger partial charge in [0.05, 0.1) is 12.4 Å². The predicted octanol–water partition coefficient (Wildman–Crippen LogP) is 2.96. The van der Waals surface area contributed by atoms with Crippen LogP contribution in [0.25, 0.3) is 10.1 Å². The Kier molecular flexibility index (Phi) is 3.54. The van der Waals surface area contributed by atoms with E-state index in [1.54, 1.807) is 23.5 Å². The van der Waals surface area contributed by atoms with Crippen LogP contribution >= 0.6 is 11.3 Å². The lowest BCUT2D eigenvalue weighted by Gasteiger charge is -2.10. The molecule has 2 N–H and O–H groups in total. The molecule has 5 heteroatoms. The van der Waals surface area contributed by atoms with E-state index < -0.39 is 6.10 Å². The molecule has 0 saturated heterocycles. The summed E-state index contributed by atoms with van der Waals surface area (Å²) in [4.78, 5) is 11.7. The van der Waals surface area contributed by atoms with Crippen molar-refractivity contribution < 1.29 is 14.3 Å². The van der Waals surface area contributed by atoms with Crippen LogP contribution in [-0.2, 0) is 0 Å². The Morgan fingerprint density at radius 2 is 2.15 bits per heavy atom. The first kappa shape index (κ1) is 12.9. The number of hydrogen-bond donors (Lipinski definition) is 2. The lowest BCUT2D eigenvalue weighted by atomic mass is 10.1. The van der Waals surface area contributed by atoms with E-state index in [1.807, 2.05) is 29.6 Å². The third-order valence-corrected chi connectivity index (χ3v) is 4.05. The van der Waals surface area contributed by atoms with Crippen LogP contribution in [-0.4, -0.2) is 17.6 Å². The van der Waals surface area contributed by atoms with Crippen LogP contribution in [0.15, 0.2) is 52.5 Å². The molecule has 0 fully saturated rings. The summed E-state index contributed by atoms with van der Waals surface area (Å²) in [6, 6.07) is 11.1. The van der Waals surface area contributed by atoms with E-state index >= 15 is 0 Å². The molecule has 0 aliphatic carbocycles. The lowest BCUT2D eigenvalue weighted by molar-refractivity contribution is 0.0890. The Labute approximate surface area is 119 Å². The van der Waals surface area contributed by atoms with Crippen LogP contribution in [0, 0.1) is 0 Å². The van der Waals surface area contributed by atoms with Crippen molar-refractivity contribution >= 4 is 27.3 Å². The number of hydrogen-bond acceptors (Lipinski definition) is 4. The maximum absolute atomic E-state index is 11.7. The Hall–Kier alpha value is -2.11. The van der Waals surface area contributed by atoms with Gasteiger partial charge < -0.3 is 14.8 Å². The zero-order valence-corrected chi connectivity index (χ0v) is 11.4. The van der Waals surface area contributed by atoms with Gasteiger partial charge in [0.2, 0.25) is 0 Å². The summed E-state index contributed by atoms with van der Waals surface area (Å²) in [5.74, 6) is -0.0824. The molecule has 0 aliphatic heterocycles. The van der Waals surface area contributed by atoms with Crippen molar-refractivity contribution in [1.82, 2.24) is 5.32 Å². The highest BCUT2D eigenvalue weighted by Gasteiger charge is 2.15. The number of carbonyl (C=O) groups is 1. The standard InChI is InChI=1S/C15H13NO3S/c17-12(8-16-15(18)13-5-3-7-19-13)11-9-20-14-6-2-1-4-10(11)14/h1-7,9,12,17H,8H2,(H,16,18)/t12-/m1/s1. The molecule has 102 valence electrons. The number of fused-ring (bicyclic) bond motifs is 1. The quantitative estimate of drug-likeness (QED) is 0.775. The van der Waals surface area contributed by atoms with E-state index in [2.05, 4.69) is 5.32 Å². The van der Waals surface area contributed by atoms with Crippen molar-refractivity contribution in [2.45, 2.75) is 6.10 Å². The number of amides is 1. The SMILES string of the molecule is O=C(NC[C@@H](O)c1csc2ccccc12)c1ccco1. The molecule has 2 heterocycles. The normalized spacial score (nSPS) is 12.4. The number of aliphatic hydroxyl groups is 1. The zero-order chi connectivity index (χ0) is 13.9. The van der Waals surface area contributed by atoms with Crippen LogP contribution in [0.5, 0.6) is 0 Å². The summed E-state index contributed by atoms with van der Waals surface area (Å²) >= 11 is 1.58. The molecule has 0 saturated carbocycles. The summed E-state index contributed by atoms with van der Waals surface area (Å²) in [6.07, 6.45) is 0.711. The Morgan fingerprint density at radius 3 is 2.95 bits per heavy atom. The number of rotatable bonds is 4. The highest BCUT2D eigenvalue weighted by Crippen LogP contribution is 2.29. The van der Waals surface area contributed by atoms with Gasteiger partial charge in [0.1, 0.15) is 0 Å². The summed E-state index contributed by atoms with van der Waals surface area (Å²) in [5, 5.41) is 15.8. The van der Waals surface area contributed by atoms with E-state index in [0.29, 0.717) is 0 Å². The molecule has 1 atom stereocenters. The highest BCUT2D eigenvalue weighted by atomic mass is 32.1. The molecular weight excluding hydrogens is 274 g/mol. The minimum Gasteiger partial charge on any atom is -0.459 e. The summed E-state index contributed by atoms with van der Waals surface area (Å²) in [7, 11) is 0. The number of carbonyl (C=O) groups excluding carboxylic acids is 1. The second-order valence-electron chi connectivity index (χ2n) is 4.39. The Bertz CT molecular complexity index is 718. The summed E-state index contributed by atoms with van der Waals surface area (Å²) in [5.41, 5.74) is 0.838. The molecule has 20 heavy (non-hydrogen) atoms. The fourth-order valence-corrected chi connectivity index (χ4v) is 3.06. The van der Waals surface area contributed by atoms with Crippen molar-refractivity contribution in [3.05, 3.63) is 59.4 Å². The van der Waals surface area contributed by atoms with Gasteiger partial charge in [-0.15, -0.1) is 11.3 Å². The maximum atomic E-state index is 11.7. The van der Waals surface area contributed by atoms with Crippen molar-refractivity contribution in [1.29, 1.82) is 0 Å². The summed E-state index contributed by atoms with van der Waals surface area (Å²) < 4.78 is 6.12. The largest absolute Gasteiger partial charge is 0.459 e. The first-order chi connectivity index (χ1) is 9.75. The van der Waals surface area contributed by atoms with Crippen LogP contribution < -0.4 is 5.32 Å². The summed E-state index contributed by atoms with van der Waals surface area (Å²) in [6.45, 7) is 0.153. The molecule has 1 aromatic carbocycles. The first-order valence-electron chi connectivity index (χ1n) is 6.21. The molecule has 1 amide bonds. The molecule has 3 rings (SSSR count). The second kappa shape index (κ2) is 5.48. The van der Waals surface area contributed by atoms with Crippen molar-refractivity contribution in [3.63, 3.8) is 0 Å². The van der Waals surface area contributed by atoms with Crippen LogP contribution in [0.1, 0.15) is 22.2 Å². The van der Waals surface area contributed by atoms with Crippen molar-refractivity contribution in [2.24, 2.45) is 0 Å². The molecule has 0 unspecified atom stereocenters. The van der Waals surface area contributed by atoms with Gasteiger partial charge in [-0.25, -0.2) is 0 Å². The topological polar surface area (TPSA) is 62.5 Å². The number of aliphatic hydroxyl groups excluding tert-OH is 1. The van der Waals surface area contributed by atoms with E-state index in [4.69, 9.17) is 4.42 Å². The van der Waals surface area contributed by atoms with E-state index in [-0.39, 0.29) is 18.2 Å². The van der Waals surface area contributed by atoms with Crippen LogP contribution in [0.4, 0.5) is 0 Å². The molecule has 0 spiro atoms. The third-order valence-electron chi connectivity index (χ3n) is 3.07. The number of nitrogens with one attached hydrogen (secondary N) is 1. The minimum atomic E-state index is -0.731. The second-order valence-corrected chi connectivity index (χ2v) is 5.30. The number of benzene rings is 1. The minimum absolute atomic E-state index is 0.153.